The highest BCUT2D eigenvalue weighted by molar-refractivity contribution is 7.02. The van der Waals surface area contributed by atoms with Crippen LogP contribution in [0.4, 0.5) is 0 Å². The van der Waals surface area contributed by atoms with Gasteiger partial charge in [0.2, 0.25) is 0 Å². The molecule has 5 heteroatoms. The van der Waals surface area contributed by atoms with Crippen molar-refractivity contribution >= 4 is 36.9 Å². The molecule has 0 amide bonds. The summed E-state index contributed by atoms with van der Waals surface area (Å²) in [6, 6.07) is 0. The predicted octanol–water partition coefficient (Wildman–Crippen LogP) is -0.999. The highest BCUT2D eigenvalue weighted by atomic mass is 29.1. The minimum absolute atomic E-state index is 0.000185. The summed E-state index contributed by atoms with van der Waals surface area (Å²) < 4.78 is 2.69. The van der Waals surface area contributed by atoms with Crippen molar-refractivity contribution < 1.29 is 0 Å². The highest BCUT2D eigenvalue weighted by Gasteiger charge is 2.17. The summed E-state index contributed by atoms with van der Waals surface area (Å²) in [7, 11) is -0.718. The third-order valence-corrected chi connectivity index (χ3v) is 19.7. The van der Waals surface area contributed by atoms with E-state index >= 15 is 0 Å². The van der Waals surface area contributed by atoms with Gasteiger partial charge in [0.1, 0.15) is 17.9 Å². The van der Waals surface area contributed by atoms with Crippen molar-refractivity contribution in [2.45, 2.75) is 0 Å². The van der Waals surface area contributed by atoms with E-state index < -0.39 is 17.9 Å². The molecule has 13 heavy (non-hydrogen) atoms. The maximum absolute atomic E-state index is 3.89. The van der Waals surface area contributed by atoms with E-state index in [1.807, 2.05) is 0 Å². The Morgan fingerprint density at radius 2 is 1.23 bits per heavy atom. The van der Waals surface area contributed by atoms with E-state index in [2.05, 4.69) is 53.0 Å². The van der Waals surface area contributed by atoms with Crippen LogP contribution in [0.5, 0.6) is 0 Å². The quantitative estimate of drug-likeness (QED) is 0.517. The summed E-state index contributed by atoms with van der Waals surface area (Å²) in [6.07, 6.45) is 0. The van der Waals surface area contributed by atoms with Crippen LogP contribution < -0.4 is 0 Å². The Morgan fingerprint density at radius 1 is 0.923 bits per heavy atom. The summed E-state index contributed by atoms with van der Waals surface area (Å²) in [4.78, 5) is 0. The maximum Gasteiger partial charge on any atom is 0.146 e. The molecule has 0 fully saturated rings. The molecule has 0 aliphatic heterocycles. The van der Waals surface area contributed by atoms with Crippen molar-refractivity contribution in [3.63, 3.8) is 0 Å². The first-order chi connectivity index (χ1) is 6.24. The van der Waals surface area contributed by atoms with Crippen LogP contribution >= 0.6 is 0 Å². The number of hydrogen-bond acceptors (Lipinski definition) is 1. The van der Waals surface area contributed by atoms with E-state index in [4.69, 9.17) is 0 Å². The minimum Gasteiger partial charge on any atom is -0.368 e. The van der Waals surface area contributed by atoms with Gasteiger partial charge in [-0.15, -0.1) is 26.3 Å². The van der Waals surface area contributed by atoms with Crippen molar-refractivity contribution in [3.05, 3.63) is 49.1 Å². The molecular formula is C8H19NSi4. The van der Waals surface area contributed by atoms with E-state index in [9.17, 15) is 0 Å². The van der Waals surface area contributed by atoms with Gasteiger partial charge in [-0.25, -0.2) is 0 Å². The first-order valence-electron chi connectivity index (χ1n) is 4.51. The largest absolute Gasteiger partial charge is 0.368 e. The molecule has 1 nitrogen and oxygen atoms in total. The highest BCUT2D eigenvalue weighted by Crippen LogP contribution is 2.01. The van der Waals surface area contributed by atoms with Gasteiger partial charge in [-0.2, -0.15) is 0 Å². The molecule has 0 rings (SSSR count). The Balaban J connectivity index is 4.61. The summed E-state index contributed by atoms with van der Waals surface area (Å²) in [5, 5.41) is 0. The van der Waals surface area contributed by atoms with E-state index in [-0.39, 0.29) is 9.20 Å². The number of nitrogens with zero attached hydrogens (tertiary/aromatic N) is 1. The second-order valence-corrected chi connectivity index (χ2v) is 13.2. The van der Waals surface area contributed by atoms with Gasteiger partial charge in [0.15, 0.2) is 0 Å². The van der Waals surface area contributed by atoms with Gasteiger partial charge in [-0.3, -0.25) is 0 Å². The fourth-order valence-corrected chi connectivity index (χ4v) is 18.6. The molecule has 0 atom stereocenters. The molecule has 72 valence electrons. The van der Waals surface area contributed by atoms with E-state index in [0.717, 1.165) is 0 Å². The Morgan fingerprint density at radius 3 is 1.38 bits per heavy atom. The van der Waals surface area contributed by atoms with Crippen LogP contribution in [0.3, 0.4) is 0 Å². The molecule has 0 aromatic rings. The molecule has 0 heterocycles. The van der Waals surface area contributed by atoms with Crippen LogP contribution in [0, 0.1) is 0 Å². The Kier molecular flexibility index (Phi) is 7.10. The van der Waals surface area contributed by atoms with Gasteiger partial charge < -0.3 is 3.90 Å². The second kappa shape index (κ2) is 7.22. The molecule has 0 aliphatic rings. The first kappa shape index (κ1) is 12.8. The van der Waals surface area contributed by atoms with Crippen LogP contribution in [0.25, 0.3) is 0 Å². The smallest absolute Gasteiger partial charge is 0.146 e. The molecule has 0 aliphatic carbocycles. The third-order valence-electron chi connectivity index (χ3n) is 2.10. The fraction of sp³-hybridized carbons (Fsp3) is 0. The van der Waals surface area contributed by atoms with Crippen LogP contribution in [-0.2, 0) is 0 Å². The van der Waals surface area contributed by atoms with Gasteiger partial charge in [0, 0.05) is 9.76 Å². The van der Waals surface area contributed by atoms with Gasteiger partial charge in [-0.1, -0.05) is 22.8 Å². The lowest BCUT2D eigenvalue weighted by Gasteiger charge is -2.29. The Bertz CT molecular complexity index is 168. The lowest BCUT2D eigenvalue weighted by Crippen LogP contribution is -2.48. The zero-order valence-corrected chi connectivity index (χ0v) is 14.2. The summed E-state index contributed by atoms with van der Waals surface area (Å²) in [6.45, 7) is 15.6. The average molecular weight is 242 g/mol. The summed E-state index contributed by atoms with van der Waals surface area (Å²) in [5.74, 6) is 0. The van der Waals surface area contributed by atoms with Crippen LogP contribution in [0.1, 0.15) is 0 Å². The predicted molar refractivity (Wildman–Crippen MR) is 75.4 cm³/mol. The van der Waals surface area contributed by atoms with Crippen LogP contribution in [0.2, 0.25) is 0 Å². The minimum atomic E-state index is -1.02. The average Bonchev–Trinajstić information content (AvgIpc) is 2.18. The van der Waals surface area contributed by atoms with Gasteiger partial charge in [0.25, 0.3) is 0 Å². The molecule has 0 N–H and O–H groups in total. The first-order valence-corrected chi connectivity index (χ1v) is 14.5. The van der Waals surface area contributed by atoms with Crippen LogP contribution in [0.15, 0.2) is 49.1 Å². The molecule has 0 saturated heterocycles. The molecule has 0 saturated carbocycles. The summed E-state index contributed by atoms with van der Waals surface area (Å²) in [5.41, 5.74) is 8.41. The molecule has 0 radical (unpaired) electrons. The van der Waals surface area contributed by atoms with Crippen molar-refractivity contribution in [1.29, 1.82) is 0 Å². The van der Waals surface area contributed by atoms with Gasteiger partial charge in [0.05, 0.1) is 9.20 Å². The topological polar surface area (TPSA) is 3.24 Å². The zero-order valence-electron chi connectivity index (χ0n) is 8.45. The van der Waals surface area contributed by atoms with Gasteiger partial charge in [-0.05, 0) is 0 Å². The molecule has 0 aromatic heterocycles. The van der Waals surface area contributed by atoms with E-state index in [1.165, 1.54) is 9.76 Å². The van der Waals surface area contributed by atoms with Crippen molar-refractivity contribution in [2.24, 2.45) is 0 Å². The van der Waals surface area contributed by atoms with Crippen molar-refractivity contribution in [1.82, 2.24) is 3.90 Å². The monoisotopic (exact) mass is 241 g/mol. The lowest BCUT2D eigenvalue weighted by atomic mass is 11.2. The molecule has 0 bridgehead atoms. The zero-order chi connectivity index (χ0) is 10.3. The molecule has 0 spiro atoms. The molecular weight excluding hydrogens is 222 g/mol. The fourth-order valence-electron chi connectivity index (χ4n) is 1.35. The van der Waals surface area contributed by atoms with E-state index in [0.29, 0.717) is 0 Å². The van der Waals surface area contributed by atoms with Gasteiger partial charge >= 0.3 is 0 Å². The maximum atomic E-state index is 3.89. The van der Waals surface area contributed by atoms with Crippen LogP contribution in [-0.4, -0.2) is 40.8 Å². The molecule has 0 unspecified atom stereocenters. The summed E-state index contributed by atoms with van der Waals surface area (Å²) >= 11 is 0. The normalized spacial score (nSPS) is 11.6. The third kappa shape index (κ3) is 3.57. The van der Waals surface area contributed by atoms with Crippen molar-refractivity contribution in [2.75, 3.05) is 0 Å². The number of rotatable bonds is 7. The lowest BCUT2D eigenvalue weighted by molar-refractivity contribution is 1.08. The Hall–Kier alpha value is -0.212. The second-order valence-electron chi connectivity index (χ2n) is 2.75. The SMILES string of the molecule is C=C[SiH](C=C)N([SiH2][SiH3])[SiH](C=C)C=C. The number of hydrogen-bond donors (Lipinski definition) is 0. The van der Waals surface area contributed by atoms with E-state index in [1.54, 1.807) is 0 Å². The Labute approximate surface area is 90.0 Å². The molecule has 0 aromatic carbocycles. The van der Waals surface area contributed by atoms with Crippen molar-refractivity contribution in [3.8, 4) is 0 Å². The standard InChI is InChI=1S/C8H19NSi4/c1-5-12(6-2)9(11-10)13(7-3)8-4/h5-8,12-13H,1-4,11H2,10H3.